The van der Waals surface area contributed by atoms with Crippen LogP contribution in [-0.2, 0) is 11.5 Å². The van der Waals surface area contributed by atoms with Crippen molar-refractivity contribution in [1.82, 2.24) is 10.2 Å². The minimum absolute atomic E-state index is 0.854. The molecular formula is C18H18N2O2S3. The predicted molar refractivity (Wildman–Crippen MR) is 105 cm³/mol. The molecule has 0 aliphatic heterocycles. The minimum Gasteiger partial charge on any atom is -0.497 e. The summed E-state index contributed by atoms with van der Waals surface area (Å²) in [4.78, 5) is 0. The van der Waals surface area contributed by atoms with Gasteiger partial charge in [-0.15, -0.1) is 10.2 Å². The highest BCUT2D eigenvalue weighted by molar-refractivity contribution is 8.02. The van der Waals surface area contributed by atoms with Gasteiger partial charge in [0.1, 0.15) is 11.5 Å². The molecule has 130 valence electrons. The van der Waals surface area contributed by atoms with Crippen LogP contribution in [0, 0.1) is 0 Å². The Kier molecular flexibility index (Phi) is 6.61. The van der Waals surface area contributed by atoms with E-state index in [-0.39, 0.29) is 0 Å². The summed E-state index contributed by atoms with van der Waals surface area (Å²) in [7, 11) is 3.37. The zero-order valence-electron chi connectivity index (χ0n) is 14.0. The monoisotopic (exact) mass is 390 g/mol. The van der Waals surface area contributed by atoms with E-state index in [9.17, 15) is 0 Å². The van der Waals surface area contributed by atoms with Crippen LogP contribution >= 0.6 is 34.9 Å². The molecule has 3 aromatic rings. The zero-order chi connectivity index (χ0) is 17.5. The van der Waals surface area contributed by atoms with Crippen molar-refractivity contribution in [2.75, 3.05) is 14.2 Å². The highest BCUT2D eigenvalue weighted by Gasteiger charge is 2.07. The van der Waals surface area contributed by atoms with Crippen LogP contribution in [0.4, 0.5) is 0 Å². The highest BCUT2D eigenvalue weighted by Crippen LogP contribution is 2.33. The SMILES string of the molecule is COc1cccc(CSc2nnc(SCc3cccc(OC)c3)s2)c1. The van der Waals surface area contributed by atoms with Crippen molar-refractivity contribution in [3.8, 4) is 11.5 Å². The predicted octanol–water partition coefficient (Wildman–Crippen LogP) is 5.14. The quantitative estimate of drug-likeness (QED) is 0.496. The lowest BCUT2D eigenvalue weighted by Gasteiger charge is -2.03. The van der Waals surface area contributed by atoms with Crippen LogP contribution in [0.5, 0.6) is 11.5 Å². The summed E-state index contributed by atoms with van der Waals surface area (Å²) in [5, 5.41) is 8.55. The second kappa shape index (κ2) is 9.12. The van der Waals surface area contributed by atoms with Crippen molar-refractivity contribution in [1.29, 1.82) is 0 Å². The largest absolute Gasteiger partial charge is 0.497 e. The lowest BCUT2D eigenvalue weighted by molar-refractivity contribution is 0.414. The van der Waals surface area contributed by atoms with Gasteiger partial charge >= 0.3 is 0 Å². The molecule has 0 unspecified atom stereocenters. The van der Waals surface area contributed by atoms with E-state index in [0.717, 1.165) is 31.7 Å². The summed E-state index contributed by atoms with van der Waals surface area (Å²) in [6.07, 6.45) is 0. The third-order valence-electron chi connectivity index (χ3n) is 3.38. The van der Waals surface area contributed by atoms with E-state index in [0.29, 0.717) is 0 Å². The molecule has 0 fully saturated rings. The number of hydrogen-bond donors (Lipinski definition) is 0. The van der Waals surface area contributed by atoms with Crippen LogP contribution in [0.15, 0.2) is 57.2 Å². The summed E-state index contributed by atoms with van der Waals surface area (Å²) >= 11 is 5.03. The van der Waals surface area contributed by atoms with E-state index in [1.54, 1.807) is 49.1 Å². The number of rotatable bonds is 8. The second-order valence-electron chi connectivity index (χ2n) is 5.11. The van der Waals surface area contributed by atoms with Gasteiger partial charge in [-0.2, -0.15) is 0 Å². The van der Waals surface area contributed by atoms with Crippen molar-refractivity contribution in [3.63, 3.8) is 0 Å². The number of ether oxygens (including phenoxy) is 2. The van der Waals surface area contributed by atoms with Crippen LogP contribution in [-0.4, -0.2) is 24.4 Å². The normalized spacial score (nSPS) is 10.6. The second-order valence-corrected chi connectivity index (χ2v) is 8.54. The molecule has 7 heteroatoms. The van der Waals surface area contributed by atoms with Gasteiger partial charge in [-0.05, 0) is 35.4 Å². The van der Waals surface area contributed by atoms with Gasteiger partial charge in [-0.1, -0.05) is 59.1 Å². The molecule has 1 heterocycles. The first-order valence-electron chi connectivity index (χ1n) is 7.62. The van der Waals surface area contributed by atoms with Gasteiger partial charge in [0, 0.05) is 11.5 Å². The number of benzene rings is 2. The highest BCUT2D eigenvalue weighted by atomic mass is 32.2. The first kappa shape index (κ1) is 18.1. The van der Waals surface area contributed by atoms with Crippen molar-refractivity contribution >= 4 is 34.9 Å². The summed E-state index contributed by atoms with van der Waals surface area (Å²) in [6.45, 7) is 0. The Balaban J connectivity index is 1.53. The number of hydrogen-bond acceptors (Lipinski definition) is 7. The van der Waals surface area contributed by atoms with Crippen molar-refractivity contribution in [2.45, 2.75) is 20.2 Å². The van der Waals surface area contributed by atoms with Gasteiger partial charge in [-0.25, -0.2) is 0 Å². The van der Waals surface area contributed by atoms with Gasteiger partial charge in [0.25, 0.3) is 0 Å². The molecule has 25 heavy (non-hydrogen) atoms. The smallest absolute Gasteiger partial charge is 0.175 e. The van der Waals surface area contributed by atoms with Crippen LogP contribution < -0.4 is 9.47 Å². The summed E-state index contributed by atoms with van der Waals surface area (Å²) in [6, 6.07) is 16.2. The van der Waals surface area contributed by atoms with Gasteiger partial charge in [-0.3, -0.25) is 0 Å². The van der Waals surface area contributed by atoms with Crippen molar-refractivity contribution < 1.29 is 9.47 Å². The molecule has 0 aliphatic rings. The number of methoxy groups -OCH3 is 2. The first-order chi connectivity index (χ1) is 12.3. The zero-order valence-corrected chi connectivity index (χ0v) is 16.4. The summed E-state index contributed by atoms with van der Waals surface area (Å²) in [5.74, 6) is 3.47. The maximum atomic E-state index is 5.25. The molecule has 2 aromatic carbocycles. The van der Waals surface area contributed by atoms with Crippen molar-refractivity contribution in [3.05, 3.63) is 59.7 Å². The third-order valence-corrected chi connectivity index (χ3v) is 6.71. The molecule has 3 rings (SSSR count). The number of aromatic nitrogens is 2. The molecule has 0 atom stereocenters. The Bertz CT molecular complexity index is 757. The van der Waals surface area contributed by atoms with Crippen LogP contribution in [0.3, 0.4) is 0 Å². The summed E-state index contributed by atoms with van der Waals surface area (Å²) in [5.41, 5.74) is 2.43. The average molecular weight is 391 g/mol. The van der Waals surface area contributed by atoms with Crippen molar-refractivity contribution in [2.24, 2.45) is 0 Å². The Morgan fingerprint density at radius 2 is 1.28 bits per heavy atom. The van der Waals surface area contributed by atoms with Crippen LogP contribution in [0.2, 0.25) is 0 Å². The van der Waals surface area contributed by atoms with E-state index in [4.69, 9.17) is 9.47 Å². The first-order valence-corrected chi connectivity index (χ1v) is 10.4. The summed E-state index contributed by atoms with van der Waals surface area (Å²) < 4.78 is 12.5. The van der Waals surface area contributed by atoms with E-state index in [1.807, 2.05) is 36.4 Å². The van der Waals surface area contributed by atoms with Gasteiger partial charge in [0.2, 0.25) is 0 Å². The topological polar surface area (TPSA) is 44.2 Å². The van der Waals surface area contributed by atoms with E-state index < -0.39 is 0 Å². The molecule has 0 spiro atoms. The third kappa shape index (κ3) is 5.39. The molecule has 0 radical (unpaired) electrons. The van der Waals surface area contributed by atoms with Gasteiger partial charge in [0.05, 0.1) is 14.2 Å². The van der Waals surface area contributed by atoms with Crippen LogP contribution in [0.25, 0.3) is 0 Å². The molecule has 0 saturated heterocycles. The molecular weight excluding hydrogens is 372 g/mol. The molecule has 0 aliphatic carbocycles. The Labute approximate surface area is 160 Å². The molecule has 4 nitrogen and oxygen atoms in total. The molecule has 0 saturated carbocycles. The standard InChI is InChI=1S/C18H18N2O2S3/c1-21-15-7-3-5-13(9-15)11-23-17-19-20-18(25-17)24-12-14-6-4-8-16(10-14)22-2/h3-10H,11-12H2,1-2H3. The lowest BCUT2D eigenvalue weighted by atomic mass is 10.2. The Hall–Kier alpha value is -1.70. The minimum atomic E-state index is 0.854. The lowest BCUT2D eigenvalue weighted by Crippen LogP contribution is -1.85. The van der Waals surface area contributed by atoms with Crippen LogP contribution in [0.1, 0.15) is 11.1 Å². The molecule has 0 N–H and O–H groups in total. The average Bonchev–Trinajstić information content (AvgIpc) is 3.13. The Morgan fingerprint density at radius 1 is 0.800 bits per heavy atom. The number of nitrogens with zero attached hydrogens (tertiary/aromatic N) is 2. The van der Waals surface area contributed by atoms with E-state index in [1.165, 1.54) is 11.1 Å². The fourth-order valence-corrected chi connectivity index (χ4v) is 5.03. The molecule has 1 aromatic heterocycles. The van der Waals surface area contributed by atoms with E-state index >= 15 is 0 Å². The maximum absolute atomic E-state index is 5.25. The fourth-order valence-electron chi connectivity index (χ4n) is 2.13. The maximum Gasteiger partial charge on any atom is 0.175 e. The molecule has 0 amide bonds. The Morgan fingerprint density at radius 3 is 1.72 bits per heavy atom. The van der Waals surface area contributed by atoms with Gasteiger partial charge < -0.3 is 9.47 Å². The fraction of sp³-hybridized carbons (Fsp3) is 0.222. The van der Waals surface area contributed by atoms with Gasteiger partial charge in [0.15, 0.2) is 8.68 Å². The number of thioether (sulfide) groups is 2. The van der Waals surface area contributed by atoms with E-state index in [2.05, 4.69) is 22.3 Å². The molecule has 0 bridgehead atoms.